The predicted octanol–water partition coefficient (Wildman–Crippen LogP) is 8.31. The second-order valence-electron chi connectivity index (χ2n) is 11.5. The van der Waals surface area contributed by atoms with Gasteiger partial charge in [0.15, 0.2) is 0 Å². The highest BCUT2D eigenvalue weighted by Crippen LogP contribution is 2.43. The smallest absolute Gasteiger partial charge is 0.143 e. The van der Waals surface area contributed by atoms with Gasteiger partial charge in [-0.25, -0.2) is 0 Å². The van der Waals surface area contributed by atoms with Gasteiger partial charge < -0.3 is 0 Å². The zero-order valence-corrected chi connectivity index (χ0v) is 20.7. The van der Waals surface area contributed by atoms with E-state index in [1.165, 1.54) is 89.9 Å². The van der Waals surface area contributed by atoms with Crippen LogP contribution in [0.1, 0.15) is 136 Å². The van der Waals surface area contributed by atoms with E-state index in [1.54, 1.807) is 0 Å². The maximum absolute atomic E-state index is 12.8. The fourth-order valence-corrected chi connectivity index (χ4v) is 7.06. The normalized spacial score (nSPS) is 34.6. The molecule has 0 radical (unpaired) electrons. The Bertz CT molecular complexity index is 537. The highest BCUT2D eigenvalue weighted by Gasteiger charge is 2.35. The Morgan fingerprint density at radius 1 is 0.710 bits per heavy atom. The topological polar surface area (TPSA) is 34.1 Å². The molecule has 0 bridgehead atoms. The summed E-state index contributed by atoms with van der Waals surface area (Å²) < 4.78 is 0. The molecule has 2 nitrogen and oxygen atoms in total. The molecule has 3 aliphatic carbocycles. The first-order chi connectivity index (χ1) is 15.1. The summed E-state index contributed by atoms with van der Waals surface area (Å²) in [7, 11) is 0. The molecule has 3 aliphatic rings. The largest absolute Gasteiger partial charge is 0.299 e. The van der Waals surface area contributed by atoms with Crippen LogP contribution in [-0.4, -0.2) is 11.6 Å². The minimum atomic E-state index is -0.252. The van der Waals surface area contributed by atoms with Gasteiger partial charge >= 0.3 is 0 Å². The van der Waals surface area contributed by atoms with Crippen LogP contribution in [0, 0.1) is 35.5 Å². The van der Waals surface area contributed by atoms with Crippen molar-refractivity contribution in [2.45, 2.75) is 136 Å². The molecule has 3 saturated carbocycles. The Morgan fingerprint density at radius 2 is 1.29 bits per heavy atom. The van der Waals surface area contributed by atoms with E-state index in [2.05, 4.69) is 13.8 Å². The van der Waals surface area contributed by atoms with Crippen molar-refractivity contribution in [1.29, 1.82) is 0 Å². The molecule has 0 saturated heterocycles. The first kappa shape index (κ1) is 25.0. The van der Waals surface area contributed by atoms with E-state index in [0.717, 1.165) is 37.0 Å². The van der Waals surface area contributed by atoms with Gasteiger partial charge in [-0.1, -0.05) is 71.6 Å². The van der Waals surface area contributed by atoms with Gasteiger partial charge in [0.05, 0.1) is 5.92 Å². The van der Waals surface area contributed by atoms with Gasteiger partial charge in [0.2, 0.25) is 0 Å². The van der Waals surface area contributed by atoms with Crippen molar-refractivity contribution < 1.29 is 9.59 Å². The van der Waals surface area contributed by atoms with E-state index >= 15 is 0 Å². The average Bonchev–Trinajstić information content (AvgIpc) is 2.79. The Kier molecular flexibility index (Phi) is 10.6. The number of hydrogen-bond acceptors (Lipinski definition) is 2. The van der Waals surface area contributed by atoms with Crippen molar-refractivity contribution >= 4 is 11.6 Å². The van der Waals surface area contributed by atoms with Crippen LogP contribution in [0.3, 0.4) is 0 Å². The monoisotopic (exact) mass is 430 g/mol. The molecule has 0 aromatic rings. The first-order valence-electron chi connectivity index (χ1n) is 14.2. The fraction of sp³-hybridized carbons (Fsp3) is 0.931. The van der Waals surface area contributed by atoms with E-state index in [4.69, 9.17) is 0 Å². The lowest BCUT2D eigenvalue weighted by molar-refractivity contribution is -0.136. The molecular weight excluding hydrogens is 380 g/mol. The molecule has 0 aliphatic heterocycles. The van der Waals surface area contributed by atoms with Gasteiger partial charge in [-0.2, -0.15) is 0 Å². The van der Waals surface area contributed by atoms with Crippen molar-refractivity contribution in [3.8, 4) is 0 Å². The number of Topliss-reactive ketones (excluding diaryl/α,β-unsaturated/α-hetero) is 2. The molecule has 2 unspecified atom stereocenters. The second kappa shape index (κ2) is 13.1. The quantitative estimate of drug-likeness (QED) is 0.244. The maximum Gasteiger partial charge on any atom is 0.143 e. The summed E-state index contributed by atoms with van der Waals surface area (Å²) in [5.74, 6) is 4.24. The minimum absolute atomic E-state index is 0.249. The van der Waals surface area contributed by atoms with E-state index in [9.17, 15) is 9.59 Å². The van der Waals surface area contributed by atoms with Gasteiger partial charge in [-0.3, -0.25) is 9.59 Å². The molecule has 0 amide bonds. The average molecular weight is 431 g/mol. The molecule has 178 valence electrons. The summed E-state index contributed by atoms with van der Waals surface area (Å²) in [4.78, 5) is 25.2. The number of rotatable bonds is 11. The van der Waals surface area contributed by atoms with Crippen molar-refractivity contribution in [3.63, 3.8) is 0 Å². The van der Waals surface area contributed by atoms with E-state index in [-0.39, 0.29) is 17.5 Å². The number of hydrogen-bond donors (Lipinski definition) is 0. The number of unbranched alkanes of at least 4 members (excludes halogenated alkanes) is 4. The van der Waals surface area contributed by atoms with E-state index in [0.29, 0.717) is 24.7 Å². The van der Waals surface area contributed by atoms with Gasteiger partial charge in [0, 0.05) is 12.8 Å². The Labute approximate surface area is 192 Å². The zero-order chi connectivity index (χ0) is 22.1. The van der Waals surface area contributed by atoms with Gasteiger partial charge in [0.1, 0.15) is 11.6 Å². The van der Waals surface area contributed by atoms with Crippen molar-refractivity contribution in [1.82, 2.24) is 0 Å². The minimum Gasteiger partial charge on any atom is -0.299 e. The van der Waals surface area contributed by atoms with Crippen LogP contribution in [0.15, 0.2) is 0 Å². The third kappa shape index (κ3) is 7.71. The zero-order valence-electron chi connectivity index (χ0n) is 20.7. The molecule has 0 heterocycles. The van der Waals surface area contributed by atoms with Crippen LogP contribution in [0.25, 0.3) is 0 Å². The highest BCUT2D eigenvalue weighted by atomic mass is 16.1. The lowest BCUT2D eigenvalue weighted by Crippen LogP contribution is -2.33. The molecule has 3 fully saturated rings. The summed E-state index contributed by atoms with van der Waals surface area (Å²) in [6.07, 6.45) is 23.9. The molecule has 0 aromatic heterocycles. The fourth-order valence-electron chi connectivity index (χ4n) is 7.06. The van der Waals surface area contributed by atoms with Gasteiger partial charge in [0.25, 0.3) is 0 Å². The molecule has 3 rings (SSSR count). The molecule has 31 heavy (non-hydrogen) atoms. The van der Waals surface area contributed by atoms with Crippen LogP contribution >= 0.6 is 0 Å². The summed E-state index contributed by atoms with van der Waals surface area (Å²) >= 11 is 0. The van der Waals surface area contributed by atoms with E-state index in [1.807, 2.05) is 0 Å². The molecule has 0 aromatic carbocycles. The summed E-state index contributed by atoms with van der Waals surface area (Å²) in [5, 5.41) is 0. The van der Waals surface area contributed by atoms with Crippen molar-refractivity contribution in [2.24, 2.45) is 35.5 Å². The van der Waals surface area contributed by atoms with Crippen LogP contribution < -0.4 is 0 Å². The number of ketones is 2. The number of carbonyl (C=O) groups is 2. The standard InChI is InChI=1S/C29H50O2/c1-3-5-6-7-8-9-23-10-15-25(16-11-23)26-17-12-24(13-18-26)21-29(31)27-19-14-22(4-2)20-28(27)30/h22-27H,3-21H2,1-2H3. The summed E-state index contributed by atoms with van der Waals surface area (Å²) in [5.41, 5.74) is 0. The Morgan fingerprint density at radius 3 is 1.87 bits per heavy atom. The Balaban J connectivity index is 1.30. The van der Waals surface area contributed by atoms with Crippen molar-refractivity contribution in [3.05, 3.63) is 0 Å². The predicted molar refractivity (Wildman–Crippen MR) is 130 cm³/mol. The molecular formula is C29H50O2. The molecule has 0 spiro atoms. The highest BCUT2D eigenvalue weighted by molar-refractivity contribution is 6.02. The van der Waals surface area contributed by atoms with Crippen molar-refractivity contribution in [2.75, 3.05) is 0 Å². The molecule has 0 N–H and O–H groups in total. The van der Waals surface area contributed by atoms with Gasteiger partial charge in [-0.15, -0.1) is 0 Å². The van der Waals surface area contributed by atoms with Gasteiger partial charge in [-0.05, 0) is 81.0 Å². The van der Waals surface area contributed by atoms with Crippen LogP contribution in [0.4, 0.5) is 0 Å². The number of carbonyl (C=O) groups excluding carboxylic acids is 2. The summed E-state index contributed by atoms with van der Waals surface area (Å²) in [6, 6.07) is 0. The van der Waals surface area contributed by atoms with Crippen LogP contribution in [0.2, 0.25) is 0 Å². The third-order valence-corrected chi connectivity index (χ3v) is 9.36. The molecule has 2 heteroatoms. The SMILES string of the molecule is CCCCCCCC1CCC(C2CCC(CC(=O)C3CCC(CC)CC3=O)CC2)CC1. The molecule has 2 atom stereocenters. The Hall–Kier alpha value is -0.660. The maximum atomic E-state index is 12.8. The lowest BCUT2D eigenvalue weighted by atomic mass is 9.67. The first-order valence-corrected chi connectivity index (χ1v) is 14.2. The third-order valence-electron chi connectivity index (χ3n) is 9.36. The lowest BCUT2D eigenvalue weighted by Gasteiger charge is -2.38. The second-order valence-corrected chi connectivity index (χ2v) is 11.5. The summed E-state index contributed by atoms with van der Waals surface area (Å²) in [6.45, 7) is 4.46. The van der Waals surface area contributed by atoms with E-state index < -0.39 is 0 Å². The van der Waals surface area contributed by atoms with Crippen LogP contribution in [0.5, 0.6) is 0 Å². The van der Waals surface area contributed by atoms with Crippen LogP contribution in [-0.2, 0) is 9.59 Å².